The van der Waals surface area contributed by atoms with Gasteiger partial charge in [0.1, 0.15) is 0 Å². The van der Waals surface area contributed by atoms with Crippen molar-refractivity contribution < 1.29 is 4.79 Å². The Morgan fingerprint density at radius 3 is 2.94 bits per heavy atom. The lowest BCUT2D eigenvalue weighted by Gasteiger charge is -1.97. The maximum absolute atomic E-state index is 10.7. The SMILES string of the molecule is CC(=O)SCCC#Cc1cc(Br)ccc1C. The van der Waals surface area contributed by atoms with Gasteiger partial charge >= 0.3 is 0 Å². The van der Waals surface area contributed by atoms with E-state index in [4.69, 9.17) is 0 Å². The van der Waals surface area contributed by atoms with Crippen LogP contribution >= 0.6 is 27.7 Å². The Hall–Kier alpha value is -0.720. The summed E-state index contributed by atoms with van der Waals surface area (Å²) < 4.78 is 1.04. The standard InChI is InChI=1S/C13H13BrOS/c1-10-6-7-13(14)9-12(10)5-3-4-8-16-11(2)15/h6-7,9H,4,8H2,1-2H3. The number of carbonyl (C=O) groups is 1. The van der Waals surface area contributed by atoms with Gasteiger partial charge in [-0.15, -0.1) is 0 Å². The van der Waals surface area contributed by atoms with Gasteiger partial charge in [-0.3, -0.25) is 4.79 Å². The Balaban J connectivity index is 2.56. The minimum atomic E-state index is 0.153. The van der Waals surface area contributed by atoms with Gasteiger partial charge in [-0.25, -0.2) is 0 Å². The molecule has 1 rings (SSSR count). The molecular weight excluding hydrogens is 284 g/mol. The van der Waals surface area contributed by atoms with Gasteiger partial charge < -0.3 is 0 Å². The molecule has 3 heteroatoms. The number of aryl methyl sites for hydroxylation is 1. The molecule has 0 atom stereocenters. The highest BCUT2D eigenvalue weighted by molar-refractivity contribution is 9.10. The van der Waals surface area contributed by atoms with Gasteiger partial charge in [-0.05, 0) is 24.6 Å². The minimum Gasteiger partial charge on any atom is -0.288 e. The zero-order valence-electron chi connectivity index (χ0n) is 9.34. The first-order chi connectivity index (χ1) is 7.59. The van der Waals surface area contributed by atoms with Gasteiger partial charge in [-0.1, -0.05) is 45.6 Å². The first-order valence-corrected chi connectivity index (χ1v) is 6.76. The smallest absolute Gasteiger partial charge is 0.185 e. The van der Waals surface area contributed by atoms with E-state index in [1.165, 1.54) is 17.3 Å². The van der Waals surface area contributed by atoms with E-state index < -0.39 is 0 Å². The van der Waals surface area contributed by atoms with Crippen LogP contribution in [0.1, 0.15) is 24.5 Å². The molecule has 0 saturated heterocycles. The zero-order valence-corrected chi connectivity index (χ0v) is 11.7. The van der Waals surface area contributed by atoms with Crippen molar-refractivity contribution in [3.05, 3.63) is 33.8 Å². The van der Waals surface area contributed by atoms with Crippen molar-refractivity contribution in [2.75, 3.05) is 5.75 Å². The number of hydrogen-bond acceptors (Lipinski definition) is 2. The molecule has 0 heterocycles. The van der Waals surface area contributed by atoms with Crippen LogP contribution in [0.5, 0.6) is 0 Å². The first-order valence-electron chi connectivity index (χ1n) is 4.98. The van der Waals surface area contributed by atoms with E-state index in [0.29, 0.717) is 0 Å². The number of benzene rings is 1. The molecule has 1 aromatic carbocycles. The summed E-state index contributed by atoms with van der Waals surface area (Å²) in [6.45, 7) is 3.62. The fourth-order valence-electron chi connectivity index (χ4n) is 1.13. The van der Waals surface area contributed by atoms with Gasteiger partial charge in [0.15, 0.2) is 5.12 Å². The number of rotatable bonds is 2. The number of thioether (sulfide) groups is 1. The Bertz CT molecular complexity index is 443. The van der Waals surface area contributed by atoms with Crippen LogP contribution < -0.4 is 0 Å². The van der Waals surface area contributed by atoms with Crippen molar-refractivity contribution in [2.45, 2.75) is 20.3 Å². The molecule has 0 aliphatic heterocycles. The molecule has 0 saturated carbocycles. The van der Waals surface area contributed by atoms with E-state index in [0.717, 1.165) is 22.2 Å². The maximum atomic E-state index is 10.7. The van der Waals surface area contributed by atoms with Crippen LogP contribution in [0.4, 0.5) is 0 Å². The molecule has 0 amide bonds. The molecule has 0 bridgehead atoms. The molecule has 0 spiro atoms. The predicted octanol–water partition coefficient (Wildman–Crippen LogP) is 3.78. The summed E-state index contributed by atoms with van der Waals surface area (Å²) in [5.41, 5.74) is 2.22. The average Bonchev–Trinajstić information content (AvgIpc) is 2.22. The maximum Gasteiger partial charge on any atom is 0.185 e. The van der Waals surface area contributed by atoms with E-state index in [1.807, 2.05) is 25.1 Å². The molecule has 0 aliphatic rings. The highest BCUT2D eigenvalue weighted by atomic mass is 79.9. The summed E-state index contributed by atoms with van der Waals surface area (Å²) in [6, 6.07) is 6.06. The second-order valence-electron chi connectivity index (χ2n) is 3.35. The van der Waals surface area contributed by atoms with Crippen LogP contribution in [0.15, 0.2) is 22.7 Å². The van der Waals surface area contributed by atoms with Gasteiger partial charge in [0.2, 0.25) is 0 Å². The van der Waals surface area contributed by atoms with Gasteiger partial charge in [0.25, 0.3) is 0 Å². The summed E-state index contributed by atoms with van der Waals surface area (Å²) in [7, 11) is 0. The van der Waals surface area contributed by atoms with Crippen molar-refractivity contribution in [3.8, 4) is 11.8 Å². The molecular formula is C13H13BrOS. The predicted molar refractivity (Wildman–Crippen MR) is 73.5 cm³/mol. The summed E-state index contributed by atoms with van der Waals surface area (Å²) in [4.78, 5) is 10.7. The highest BCUT2D eigenvalue weighted by Crippen LogP contribution is 2.15. The molecule has 0 radical (unpaired) electrons. The monoisotopic (exact) mass is 296 g/mol. The number of halogens is 1. The summed E-state index contributed by atoms with van der Waals surface area (Å²) in [6.07, 6.45) is 0.746. The van der Waals surface area contributed by atoms with E-state index in [9.17, 15) is 4.79 Å². The fraction of sp³-hybridized carbons (Fsp3) is 0.308. The van der Waals surface area contributed by atoms with E-state index in [2.05, 4.69) is 27.8 Å². The van der Waals surface area contributed by atoms with Crippen LogP contribution in [0.2, 0.25) is 0 Å². The molecule has 0 N–H and O–H groups in total. The summed E-state index contributed by atoms with van der Waals surface area (Å²) in [5, 5.41) is 0.153. The third-order valence-electron chi connectivity index (χ3n) is 1.96. The van der Waals surface area contributed by atoms with Crippen molar-refractivity contribution >= 4 is 32.8 Å². The normalized spacial score (nSPS) is 9.44. The topological polar surface area (TPSA) is 17.1 Å². The quantitative estimate of drug-likeness (QED) is 0.610. The van der Waals surface area contributed by atoms with Crippen LogP contribution in [-0.2, 0) is 4.79 Å². The largest absolute Gasteiger partial charge is 0.288 e. The Kier molecular flexibility index (Phi) is 5.65. The third-order valence-corrected chi connectivity index (χ3v) is 3.26. The average molecular weight is 297 g/mol. The number of hydrogen-bond donors (Lipinski definition) is 0. The molecule has 16 heavy (non-hydrogen) atoms. The Morgan fingerprint density at radius 2 is 2.25 bits per heavy atom. The van der Waals surface area contributed by atoms with Crippen LogP contribution in [0.25, 0.3) is 0 Å². The van der Waals surface area contributed by atoms with Gasteiger partial charge in [0, 0.05) is 29.1 Å². The number of carbonyl (C=O) groups excluding carboxylic acids is 1. The lowest BCUT2D eigenvalue weighted by Crippen LogP contribution is -1.85. The van der Waals surface area contributed by atoms with Gasteiger partial charge in [0.05, 0.1) is 0 Å². The highest BCUT2D eigenvalue weighted by Gasteiger charge is 1.95. The third kappa shape index (κ3) is 4.87. The molecule has 0 fully saturated rings. The second kappa shape index (κ2) is 6.78. The molecule has 0 aromatic heterocycles. The van der Waals surface area contributed by atoms with Crippen molar-refractivity contribution in [1.29, 1.82) is 0 Å². The zero-order chi connectivity index (χ0) is 12.0. The Labute approximate surface area is 109 Å². The van der Waals surface area contributed by atoms with Crippen LogP contribution in [0, 0.1) is 18.8 Å². The molecule has 0 aliphatic carbocycles. The van der Waals surface area contributed by atoms with Crippen LogP contribution in [-0.4, -0.2) is 10.9 Å². The molecule has 84 valence electrons. The molecule has 1 aromatic rings. The first kappa shape index (κ1) is 13.3. The molecule has 1 nitrogen and oxygen atoms in total. The van der Waals surface area contributed by atoms with E-state index in [-0.39, 0.29) is 5.12 Å². The Morgan fingerprint density at radius 1 is 1.50 bits per heavy atom. The van der Waals surface area contributed by atoms with Gasteiger partial charge in [-0.2, -0.15) is 0 Å². The second-order valence-corrected chi connectivity index (χ2v) is 5.54. The van der Waals surface area contributed by atoms with E-state index in [1.54, 1.807) is 6.92 Å². The minimum absolute atomic E-state index is 0.153. The summed E-state index contributed by atoms with van der Waals surface area (Å²) in [5.74, 6) is 6.98. The lowest BCUT2D eigenvalue weighted by atomic mass is 10.1. The van der Waals surface area contributed by atoms with Crippen molar-refractivity contribution in [3.63, 3.8) is 0 Å². The summed E-state index contributed by atoms with van der Waals surface area (Å²) >= 11 is 4.74. The fourth-order valence-corrected chi connectivity index (χ4v) is 1.99. The van der Waals surface area contributed by atoms with Crippen molar-refractivity contribution in [2.24, 2.45) is 0 Å². The van der Waals surface area contributed by atoms with Crippen molar-refractivity contribution in [1.82, 2.24) is 0 Å². The van der Waals surface area contributed by atoms with Crippen LogP contribution in [0.3, 0.4) is 0 Å². The lowest BCUT2D eigenvalue weighted by molar-refractivity contribution is -0.109. The van der Waals surface area contributed by atoms with E-state index >= 15 is 0 Å². The molecule has 0 unspecified atom stereocenters.